The van der Waals surface area contributed by atoms with Gasteiger partial charge < -0.3 is 10.1 Å². The van der Waals surface area contributed by atoms with Crippen LogP contribution in [0.3, 0.4) is 0 Å². The molecule has 0 aliphatic rings. The summed E-state index contributed by atoms with van der Waals surface area (Å²) in [5.41, 5.74) is 0.979. The molecule has 0 bridgehead atoms. The number of aromatic nitrogens is 2. The highest BCUT2D eigenvalue weighted by Crippen LogP contribution is 2.21. The predicted octanol–water partition coefficient (Wildman–Crippen LogP) is 3.23. The maximum atomic E-state index is 6.10. The van der Waals surface area contributed by atoms with Crippen LogP contribution in [0.25, 0.3) is 0 Å². The van der Waals surface area contributed by atoms with Gasteiger partial charge in [-0.05, 0) is 33.6 Å². The first-order chi connectivity index (χ1) is 8.54. The molecular weight excluding hydrogens is 250 g/mol. The Morgan fingerprint density at radius 1 is 1.33 bits per heavy atom. The van der Waals surface area contributed by atoms with Crippen LogP contribution in [0, 0.1) is 6.92 Å². The van der Waals surface area contributed by atoms with E-state index in [1.165, 1.54) is 0 Å². The molecule has 0 amide bonds. The number of anilines is 1. The molecule has 1 N–H and O–H groups in total. The smallest absolute Gasteiger partial charge is 0.138 e. The van der Waals surface area contributed by atoms with Gasteiger partial charge >= 0.3 is 0 Å². The molecule has 0 aliphatic heterocycles. The molecule has 0 aromatic carbocycles. The first-order valence-corrected chi connectivity index (χ1v) is 6.80. The molecule has 0 unspecified atom stereocenters. The van der Waals surface area contributed by atoms with Gasteiger partial charge in [0.15, 0.2) is 0 Å². The monoisotopic (exact) mass is 271 g/mol. The molecule has 0 radical (unpaired) electrons. The second kappa shape index (κ2) is 7.54. The number of nitrogens with one attached hydrogen (secondary N) is 1. The molecule has 5 heteroatoms. The summed E-state index contributed by atoms with van der Waals surface area (Å²) in [6.45, 7) is 9.55. The molecule has 4 nitrogen and oxygen atoms in total. The van der Waals surface area contributed by atoms with Crippen molar-refractivity contribution < 1.29 is 4.74 Å². The lowest BCUT2D eigenvalue weighted by Gasteiger charge is -2.12. The van der Waals surface area contributed by atoms with Crippen LogP contribution in [0.4, 0.5) is 5.82 Å². The fourth-order valence-electron chi connectivity index (χ4n) is 1.62. The average molecular weight is 272 g/mol. The Morgan fingerprint density at radius 3 is 2.67 bits per heavy atom. The fraction of sp³-hybridized carbons (Fsp3) is 0.692. The first kappa shape index (κ1) is 15.2. The zero-order chi connectivity index (χ0) is 13.5. The SMILES string of the molecule is CCc1c(Cl)nc(C)nc1NCCCOC(C)C. The highest BCUT2D eigenvalue weighted by molar-refractivity contribution is 6.30. The van der Waals surface area contributed by atoms with Crippen molar-refractivity contribution in [2.24, 2.45) is 0 Å². The summed E-state index contributed by atoms with van der Waals surface area (Å²) < 4.78 is 5.48. The topological polar surface area (TPSA) is 47.0 Å². The summed E-state index contributed by atoms with van der Waals surface area (Å²) >= 11 is 6.10. The quantitative estimate of drug-likeness (QED) is 0.611. The molecule has 1 aromatic rings. The molecule has 0 saturated carbocycles. The van der Waals surface area contributed by atoms with Crippen molar-refractivity contribution in [3.63, 3.8) is 0 Å². The molecule has 18 heavy (non-hydrogen) atoms. The molecule has 0 fully saturated rings. The van der Waals surface area contributed by atoms with Crippen molar-refractivity contribution in [1.82, 2.24) is 9.97 Å². The van der Waals surface area contributed by atoms with Gasteiger partial charge in [0.05, 0.1) is 6.10 Å². The van der Waals surface area contributed by atoms with Crippen molar-refractivity contribution >= 4 is 17.4 Å². The fourth-order valence-corrected chi connectivity index (χ4v) is 1.96. The van der Waals surface area contributed by atoms with E-state index in [9.17, 15) is 0 Å². The second-order valence-corrected chi connectivity index (χ2v) is 4.80. The van der Waals surface area contributed by atoms with Crippen LogP contribution < -0.4 is 5.32 Å². The third-order valence-electron chi connectivity index (χ3n) is 2.49. The van der Waals surface area contributed by atoms with Crippen molar-refractivity contribution in [2.75, 3.05) is 18.5 Å². The zero-order valence-electron chi connectivity index (χ0n) is 11.6. The van der Waals surface area contributed by atoms with E-state index in [0.29, 0.717) is 11.0 Å². The lowest BCUT2D eigenvalue weighted by Crippen LogP contribution is -2.12. The minimum absolute atomic E-state index is 0.284. The number of halogens is 1. The van der Waals surface area contributed by atoms with Crippen LogP contribution in [0.1, 0.15) is 38.6 Å². The lowest BCUT2D eigenvalue weighted by molar-refractivity contribution is 0.0787. The van der Waals surface area contributed by atoms with Crippen LogP contribution in [-0.2, 0) is 11.2 Å². The minimum Gasteiger partial charge on any atom is -0.379 e. The lowest BCUT2D eigenvalue weighted by atomic mass is 10.2. The van der Waals surface area contributed by atoms with Gasteiger partial charge in [0, 0.05) is 18.7 Å². The van der Waals surface area contributed by atoms with Gasteiger partial charge in [-0.25, -0.2) is 9.97 Å². The van der Waals surface area contributed by atoms with Crippen LogP contribution in [0.15, 0.2) is 0 Å². The number of hydrogen-bond donors (Lipinski definition) is 1. The summed E-state index contributed by atoms with van der Waals surface area (Å²) in [5, 5.41) is 3.85. The Balaban J connectivity index is 2.51. The summed E-state index contributed by atoms with van der Waals surface area (Å²) in [6, 6.07) is 0. The molecular formula is C13H22ClN3O. The van der Waals surface area contributed by atoms with Gasteiger partial charge in [0.2, 0.25) is 0 Å². The number of nitrogens with zero attached hydrogens (tertiary/aromatic N) is 2. The van der Waals surface area contributed by atoms with Crippen LogP contribution >= 0.6 is 11.6 Å². The predicted molar refractivity (Wildman–Crippen MR) is 75.4 cm³/mol. The number of aryl methyl sites for hydroxylation is 1. The van der Waals surface area contributed by atoms with E-state index in [-0.39, 0.29) is 6.10 Å². The van der Waals surface area contributed by atoms with Gasteiger partial charge in [-0.15, -0.1) is 0 Å². The van der Waals surface area contributed by atoms with Crippen molar-refractivity contribution in [2.45, 2.75) is 46.6 Å². The molecule has 1 aromatic heterocycles. The number of hydrogen-bond acceptors (Lipinski definition) is 4. The standard InChI is InChI=1S/C13H22ClN3O/c1-5-11-12(14)16-10(4)17-13(11)15-7-6-8-18-9(2)3/h9H,5-8H2,1-4H3,(H,15,16,17). The minimum atomic E-state index is 0.284. The third kappa shape index (κ3) is 4.78. The Labute approximate surface area is 114 Å². The molecule has 1 heterocycles. The summed E-state index contributed by atoms with van der Waals surface area (Å²) in [7, 11) is 0. The number of ether oxygens (including phenoxy) is 1. The molecule has 0 spiro atoms. The Morgan fingerprint density at radius 2 is 2.06 bits per heavy atom. The summed E-state index contributed by atoms with van der Waals surface area (Å²) in [6.07, 6.45) is 2.05. The van der Waals surface area contributed by atoms with Crippen molar-refractivity contribution in [3.8, 4) is 0 Å². The average Bonchev–Trinajstić information content (AvgIpc) is 2.27. The van der Waals surface area contributed by atoms with Crippen LogP contribution in [0.5, 0.6) is 0 Å². The van der Waals surface area contributed by atoms with Gasteiger partial charge in [-0.2, -0.15) is 0 Å². The summed E-state index contributed by atoms with van der Waals surface area (Å²) in [5.74, 6) is 1.54. The van der Waals surface area contributed by atoms with Crippen LogP contribution in [-0.4, -0.2) is 29.2 Å². The highest BCUT2D eigenvalue weighted by atomic mass is 35.5. The maximum absolute atomic E-state index is 6.10. The van der Waals surface area contributed by atoms with E-state index >= 15 is 0 Å². The van der Waals surface area contributed by atoms with Gasteiger partial charge in [-0.1, -0.05) is 18.5 Å². The van der Waals surface area contributed by atoms with E-state index in [1.54, 1.807) is 0 Å². The van der Waals surface area contributed by atoms with Crippen molar-refractivity contribution in [3.05, 3.63) is 16.5 Å². The van der Waals surface area contributed by atoms with E-state index < -0.39 is 0 Å². The largest absolute Gasteiger partial charge is 0.379 e. The van der Waals surface area contributed by atoms with Gasteiger partial charge in [0.25, 0.3) is 0 Å². The van der Waals surface area contributed by atoms with Crippen LogP contribution in [0.2, 0.25) is 5.15 Å². The zero-order valence-corrected chi connectivity index (χ0v) is 12.3. The Hall–Kier alpha value is -0.870. The van der Waals surface area contributed by atoms with E-state index in [4.69, 9.17) is 16.3 Å². The molecule has 0 aliphatic carbocycles. The second-order valence-electron chi connectivity index (χ2n) is 4.44. The van der Waals surface area contributed by atoms with Gasteiger partial charge in [0.1, 0.15) is 16.8 Å². The molecule has 0 atom stereocenters. The third-order valence-corrected chi connectivity index (χ3v) is 2.80. The van der Waals surface area contributed by atoms with E-state index in [0.717, 1.165) is 37.4 Å². The Bertz CT molecular complexity index is 383. The maximum Gasteiger partial charge on any atom is 0.138 e. The van der Waals surface area contributed by atoms with Crippen molar-refractivity contribution in [1.29, 1.82) is 0 Å². The van der Waals surface area contributed by atoms with E-state index in [1.807, 2.05) is 27.7 Å². The normalized spacial score (nSPS) is 11.0. The Kier molecular flexibility index (Phi) is 6.36. The molecule has 1 rings (SSSR count). The number of rotatable bonds is 7. The van der Waals surface area contributed by atoms with E-state index in [2.05, 4.69) is 15.3 Å². The first-order valence-electron chi connectivity index (χ1n) is 6.43. The summed E-state index contributed by atoms with van der Waals surface area (Å²) in [4.78, 5) is 8.55. The molecule has 0 saturated heterocycles. The van der Waals surface area contributed by atoms with Gasteiger partial charge in [-0.3, -0.25) is 0 Å². The molecule has 102 valence electrons. The highest BCUT2D eigenvalue weighted by Gasteiger charge is 2.09.